The zero-order valence-corrected chi connectivity index (χ0v) is 17.9. The number of anilines is 1. The zero-order valence-electron chi connectivity index (χ0n) is 17.9. The number of nitrogens with one attached hydrogen (secondary N) is 2. The Labute approximate surface area is 168 Å². The number of hydrogen-bond acceptors (Lipinski definition) is 4. The number of rotatable bonds is 9. The third-order valence-electron chi connectivity index (χ3n) is 5.16. The molecule has 0 aliphatic heterocycles. The van der Waals surface area contributed by atoms with E-state index < -0.39 is 0 Å². The summed E-state index contributed by atoms with van der Waals surface area (Å²) in [6.45, 7) is 9.91. The Kier molecular flexibility index (Phi) is 6.55. The molecule has 5 heteroatoms. The van der Waals surface area contributed by atoms with Gasteiger partial charge in [0, 0.05) is 17.3 Å². The highest BCUT2D eigenvalue weighted by atomic mass is 15.0. The van der Waals surface area contributed by atoms with Gasteiger partial charge in [-0.15, -0.1) is 0 Å². The molecule has 1 aromatic carbocycles. The number of fused-ring (bicyclic) bond motifs is 3. The topological polar surface area (TPSA) is 79.6 Å². The summed E-state index contributed by atoms with van der Waals surface area (Å²) in [5.74, 6) is 1.56. The molecule has 0 radical (unpaired) electrons. The van der Waals surface area contributed by atoms with E-state index in [-0.39, 0.29) is 5.54 Å². The van der Waals surface area contributed by atoms with Gasteiger partial charge in [-0.3, -0.25) is 0 Å². The van der Waals surface area contributed by atoms with Gasteiger partial charge in [0.05, 0.1) is 5.52 Å². The summed E-state index contributed by atoms with van der Waals surface area (Å²) < 4.78 is 0. The number of unbranched alkanes of at least 4 members (excludes halogenated alkanes) is 3. The number of H-pyrrole nitrogens is 1. The highest BCUT2D eigenvalue weighted by molar-refractivity contribution is 6.07. The Balaban J connectivity index is 1.77. The largest absolute Gasteiger partial charge is 0.382 e. The first kappa shape index (κ1) is 20.6. The van der Waals surface area contributed by atoms with Gasteiger partial charge in [0.1, 0.15) is 22.7 Å². The molecular weight excluding hydrogens is 346 g/mol. The van der Waals surface area contributed by atoms with Gasteiger partial charge in [0.25, 0.3) is 0 Å². The number of pyridine rings is 1. The molecular formula is C23H35N5. The quantitative estimate of drug-likeness (QED) is 0.449. The van der Waals surface area contributed by atoms with E-state index in [4.69, 9.17) is 10.7 Å². The van der Waals surface area contributed by atoms with Crippen molar-refractivity contribution in [2.75, 3.05) is 12.3 Å². The highest BCUT2D eigenvalue weighted by Gasteiger charge is 2.14. The molecule has 0 spiro atoms. The van der Waals surface area contributed by atoms with Crippen molar-refractivity contribution in [3.63, 3.8) is 0 Å². The maximum absolute atomic E-state index is 6.22. The van der Waals surface area contributed by atoms with E-state index in [1.807, 2.05) is 6.07 Å². The standard InChI is InChI=1S/C23H35N5/c1-5-6-14-18-27-20-19-16(11-8-7-9-15-25-23(2,3)4)12-10-13-17(19)26-22(24)21(20)28-18/h10,12-13,25H,5-9,11,14-15H2,1-4H3,(H2,24,26)(H,27,28). The monoisotopic (exact) mass is 381 g/mol. The highest BCUT2D eigenvalue weighted by Crippen LogP contribution is 2.30. The third-order valence-corrected chi connectivity index (χ3v) is 5.16. The smallest absolute Gasteiger partial charge is 0.150 e. The molecule has 152 valence electrons. The molecule has 3 aromatic rings. The van der Waals surface area contributed by atoms with Crippen LogP contribution in [0.15, 0.2) is 18.2 Å². The van der Waals surface area contributed by atoms with Crippen molar-refractivity contribution >= 4 is 27.8 Å². The Morgan fingerprint density at radius 2 is 1.86 bits per heavy atom. The molecule has 0 saturated carbocycles. The maximum atomic E-state index is 6.22. The first-order valence-electron chi connectivity index (χ1n) is 10.7. The Hall–Kier alpha value is -2.14. The Bertz CT molecular complexity index is 920. The molecule has 28 heavy (non-hydrogen) atoms. The van der Waals surface area contributed by atoms with E-state index in [9.17, 15) is 0 Å². The molecule has 3 rings (SSSR count). The lowest BCUT2D eigenvalue weighted by atomic mass is 10.0. The summed E-state index contributed by atoms with van der Waals surface area (Å²) in [7, 11) is 0. The Morgan fingerprint density at radius 1 is 1.04 bits per heavy atom. The van der Waals surface area contributed by atoms with Crippen molar-refractivity contribution < 1.29 is 0 Å². The number of aromatic nitrogens is 3. The molecule has 0 bridgehead atoms. The number of nitrogen functional groups attached to an aromatic ring is 1. The van der Waals surface area contributed by atoms with E-state index in [1.54, 1.807) is 0 Å². The van der Waals surface area contributed by atoms with Crippen LogP contribution in [-0.4, -0.2) is 27.0 Å². The van der Waals surface area contributed by atoms with Gasteiger partial charge < -0.3 is 16.0 Å². The number of hydrogen-bond donors (Lipinski definition) is 3. The summed E-state index contributed by atoms with van der Waals surface area (Å²) in [6.07, 6.45) is 7.87. The molecule has 0 saturated heterocycles. The van der Waals surface area contributed by atoms with Crippen LogP contribution in [0.25, 0.3) is 21.9 Å². The zero-order chi connectivity index (χ0) is 20.1. The number of nitrogens with zero attached hydrogens (tertiary/aromatic N) is 2. The van der Waals surface area contributed by atoms with Gasteiger partial charge in [-0.1, -0.05) is 31.9 Å². The number of nitrogens with two attached hydrogens (primary N) is 1. The van der Waals surface area contributed by atoms with Gasteiger partial charge in [-0.2, -0.15) is 0 Å². The summed E-state index contributed by atoms with van der Waals surface area (Å²) in [6, 6.07) is 6.34. The Morgan fingerprint density at radius 3 is 2.61 bits per heavy atom. The third kappa shape index (κ3) is 5.02. The molecule has 4 N–H and O–H groups in total. The maximum Gasteiger partial charge on any atom is 0.150 e. The van der Waals surface area contributed by atoms with Gasteiger partial charge in [0.15, 0.2) is 0 Å². The minimum Gasteiger partial charge on any atom is -0.382 e. The van der Waals surface area contributed by atoms with Crippen LogP contribution < -0.4 is 11.1 Å². The van der Waals surface area contributed by atoms with Crippen LogP contribution in [0.5, 0.6) is 0 Å². The molecule has 0 unspecified atom stereocenters. The molecule has 2 heterocycles. The second-order valence-electron chi connectivity index (χ2n) is 8.81. The van der Waals surface area contributed by atoms with E-state index in [1.165, 1.54) is 30.2 Å². The average Bonchev–Trinajstić information content (AvgIpc) is 3.06. The SMILES string of the molecule is CCCCc1nc2c([nH]1)c(N)nc1cccc(CCCCCNC(C)(C)C)c12. The van der Waals surface area contributed by atoms with E-state index in [0.29, 0.717) is 5.82 Å². The molecule has 0 atom stereocenters. The van der Waals surface area contributed by atoms with Crippen molar-refractivity contribution in [3.8, 4) is 0 Å². The fourth-order valence-corrected chi connectivity index (χ4v) is 3.68. The molecule has 0 amide bonds. The fourth-order valence-electron chi connectivity index (χ4n) is 3.68. The molecule has 5 nitrogen and oxygen atoms in total. The van der Waals surface area contributed by atoms with Crippen LogP contribution in [0.1, 0.15) is 71.2 Å². The average molecular weight is 382 g/mol. The summed E-state index contributed by atoms with van der Waals surface area (Å²) >= 11 is 0. The van der Waals surface area contributed by atoms with Crippen molar-refractivity contribution in [1.29, 1.82) is 0 Å². The van der Waals surface area contributed by atoms with Gasteiger partial charge in [0.2, 0.25) is 0 Å². The second kappa shape index (κ2) is 8.91. The predicted molar refractivity (Wildman–Crippen MR) is 120 cm³/mol. The van der Waals surface area contributed by atoms with Crippen LogP contribution in [0.3, 0.4) is 0 Å². The number of imidazole rings is 1. The summed E-state index contributed by atoms with van der Waals surface area (Å²) in [5, 5.41) is 4.73. The molecule has 2 aromatic heterocycles. The lowest BCUT2D eigenvalue weighted by molar-refractivity contribution is 0.417. The number of aromatic amines is 1. The van der Waals surface area contributed by atoms with Crippen molar-refractivity contribution in [3.05, 3.63) is 29.6 Å². The van der Waals surface area contributed by atoms with Crippen molar-refractivity contribution in [1.82, 2.24) is 20.3 Å². The minimum atomic E-state index is 0.197. The molecule has 0 aliphatic rings. The van der Waals surface area contributed by atoms with E-state index in [0.717, 1.165) is 54.6 Å². The van der Waals surface area contributed by atoms with Gasteiger partial charge >= 0.3 is 0 Å². The van der Waals surface area contributed by atoms with Crippen LogP contribution in [0.4, 0.5) is 5.82 Å². The minimum absolute atomic E-state index is 0.197. The predicted octanol–water partition coefficient (Wildman–Crippen LogP) is 5.14. The van der Waals surface area contributed by atoms with Crippen LogP contribution in [0, 0.1) is 0 Å². The summed E-state index contributed by atoms with van der Waals surface area (Å²) in [4.78, 5) is 12.9. The van der Waals surface area contributed by atoms with Crippen molar-refractivity contribution in [2.24, 2.45) is 0 Å². The molecule has 0 aliphatic carbocycles. The first-order valence-corrected chi connectivity index (χ1v) is 10.7. The molecule has 0 fully saturated rings. The van der Waals surface area contributed by atoms with E-state index in [2.05, 4.69) is 55.1 Å². The fraction of sp³-hybridized carbons (Fsp3) is 0.565. The van der Waals surface area contributed by atoms with Gasteiger partial charge in [-0.05, 0) is 64.6 Å². The first-order chi connectivity index (χ1) is 13.4. The van der Waals surface area contributed by atoms with Gasteiger partial charge in [-0.25, -0.2) is 9.97 Å². The normalized spacial score (nSPS) is 12.3. The van der Waals surface area contributed by atoms with Crippen LogP contribution in [0.2, 0.25) is 0 Å². The second-order valence-corrected chi connectivity index (χ2v) is 8.81. The lowest BCUT2D eigenvalue weighted by Gasteiger charge is -2.20. The number of aryl methyl sites for hydroxylation is 2. The summed E-state index contributed by atoms with van der Waals surface area (Å²) in [5.41, 5.74) is 10.6. The van der Waals surface area contributed by atoms with E-state index >= 15 is 0 Å². The van der Waals surface area contributed by atoms with Crippen molar-refractivity contribution in [2.45, 2.75) is 78.2 Å². The van der Waals surface area contributed by atoms with Crippen LogP contribution in [-0.2, 0) is 12.8 Å². The number of benzene rings is 1. The van der Waals surface area contributed by atoms with Crippen LogP contribution >= 0.6 is 0 Å². The lowest BCUT2D eigenvalue weighted by Crippen LogP contribution is -2.36.